The van der Waals surface area contributed by atoms with Gasteiger partial charge in [0.2, 0.25) is 0 Å². The first-order valence-corrected chi connectivity index (χ1v) is 8.33. The molecule has 0 radical (unpaired) electrons. The quantitative estimate of drug-likeness (QED) is 0.794. The van der Waals surface area contributed by atoms with Gasteiger partial charge in [-0.05, 0) is 25.0 Å². The second kappa shape index (κ2) is 6.60. The van der Waals surface area contributed by atoms with Crippen LogP contribution in [0.2, 0.25) is 0 Å². The summed E-state index contributed by atoms with van der Waals surface area (Å²) in [5, 5.41) is 4.30. The van der Waals surface area contributed by atoms with Gasteiger partial charge in [-0.15, -0.1) is 0 Å². The number of halogens is 1. The van der Waals surface area contributed by atoms with Crippen LogP contribution in [0.1, 0.15) is 12.8 Å². The summed E-state index contributed by atoms with van der Waals surface area (Å²) in [6.45, 7) is 1.76. The molecule has 25 heavy (non-hydrogen) atoms. The molecule has 7 heteroatoms. The molecule has 1 fully saturated rings. The van der Waals surface area contributed by atoms with Crippen LogP contribution >= 0.6 is 0 Å². The van der Waals surface area contributed by atoms with E-state index in [0.29, 0.717) is 5.69 Å². The standard InChI is InChI=1S/C18H19FN6/c19-15-3-1-2-4-16(15)25-11-13(9-23-25)18-17(10-21-12-22-18)24-7-5-14(20)6-8-24/h1-4,9-12,14H,5-8,20H2. The van der Waals surface area contributed by atoms with Gasteiger partial charge in [-0.3, -0.25) is 0 Å². The van der Waals surface area contributed by atoms with E-state index in [1.54, 1.807) is 30.6 Å². The molecule has 1 aliphatic heterocycles. The molecule has 6 nitrogen and oxygen atoms in total. The highest BCUT2D eigenvalue weighted by atomic mass is 19.1. The molecule has 4 rings (SSSR count). The molecular formula is C18H19FN6. The number of piperidine rings is 1. The number of benzene rings is 1. The predicted molar refractivity (Wildman–Crippen MR) is 94.0 cm³/mol. The Morgan fingerprint density at radius 1 is 1.08 bits per heavy atom. The summed E-state index contributed by atoms with van der Waals surface area (Å²) in [6, 6.07) is 6.82. The first-order chi connectivity index (χ1) is 12.2. The Bertz CT molecular complexity index is 869. The second-order valence-corrected chi connectivity index (χ2v) is 6.21. The average Bonchev–Trinajstić information content (AvgIpc) is 3.12. The van der Waals surface area contributed by atoms with Crippen molar-refractivity contribution in [3.05, 3.63) is 55.0 Å². The fourth-order valence-corrected chi connectivity index (χ4v) is 3.13. The molecular weight excluding hydrogens is 319 g/mol. The highest BCUT2D eigenvalue weighted by Crippen LogP contribution is 2.30. The molecule has 0 aliphatic carbocycles. The van der Waals surface area contributed by atoms with E-state index in [2.05, 4.69) is 20.0 Å². The van der Waals surface area contributed by atoms with Gasteiger partial charge in [-0.1, -0.05) is 12.1 Å². The third kappa shape index (κ3) is 3.10. The molecule has 2 N–H and O–H groups in total. The fourth-order valence-electron chi connectivity index (χ4n) is 3.13. The SMILES string of the molecule is NC1CCN(c2cncnc2-c2cnn(-c3ccccc3F)c2)CC1. The van der Waals surface area contributed by atoms with E-state index in [1.807, 2.05) is 6.20 Å². The van der Waals surface area contributed by atoms with E-state index in [0.717, 1.165) is 42.9 Å². The van der Waals surface area contributed by atoms with E-state index >= 15 is 0 Å². The van der Waals surface area contributed by atoms with Gasteiger partial charge in [0.25, 0.3) is 0 Å². The Kier molecular flexibility index (Phi) is 4.15. The largest absolute Gasteiger partial charge is 0.368 e. The zero-order valence-electron chi connectivity index (χ0n) is 13.7. The zero-order valence-corrected chi connectivity index (χ0v) is 13.7. The summed E-state index contributed by atoms with van der Waals surface area (Å²) >= 11 is 0. The van der Waals surface area contributed by atoms with Gasteiger partial charge < -0.3 is 10.6 Å². The van der Waals surface area contributed by atoms with Gasteiger partial charge in [0.1, 0.15) is 23.5 Å². The van der Waals surface area contributed by atoms with Crippen molar-refractivity contribution in [3.63, 3.8) is 0 Å². The maximum atomic E-state index is 14.0. The number of rotatable bonds is 3. The molecule has 0 spiro atoms. The van der Waals surface area contributed by atoms with Crippen LogP contribution in [-0.4, -0.2) is 38.9 Å². The van der Waals surface area contributed by atoms with Crippen LogP contribution in [0, 0.1) is 5.82 Å². The molecule has 1 saturated heterocycles. The first-order valence-electron chi connectivity index (χ1n) is 8.33. The van der Waals surface area contributed by atoms with Crippen molar-refractivity contribution >= 4 is 5.69 Å². The molecule has 3 aromatic rings. The van der Waals surface area contributed by atoms with Crippen LogP contribution < -0.4 is 10.6 Å². The lowest BCUT2D eigenvalue weighted by Crippen LogP contribution is -2.40. The topological polar surface area (TPSA) is 72.9 Å². The predicted octanol–water partition coefficient (Wildman–Crippen LogP) is 2.40. The second-order valence-electron chi connectivity index (χ2n) is 6.21. The van der Waals surface area contributed by atoms with E-state index < -0.39 is 0 Å². The van der Waals surface area contributed by atoms with Crippen molar-refractivity contribution in [1.29, 1.82) is 0 Å². The Hall–Kier alpha value is -2.80. The number of hydrogen-bond donors (Lipinski definition) is 1. The van der Waals surface area contributed by atoms with Crippen LogP contribution in [0.5, 0.6) is 0 Å². The van der Waals surface area contributed by atoms with Gasteiger partial charge in [-0.2, -0.15) is 5.10 Å². The molecule has 0 unspecified atom stereocenters. The van der Waals surface area contributed by atoms with Crippen LogP contribution in [0.25, 0.3) is 16.9 Å². The molecule has 1 aromatic carbocycles. The molecule has 0 bridgehead atoms. The van der Waals surface area contributed by atoms with E-state index in [-0.39, 0.29) is 11.9 Å². The lowest BCUT2D eigenvalue weighted by molar-refractivity contribution is 0.501. The lowest BCUT2D eigenvalue weighted by atomic mass is 10.0. The van der Waals surface area contributed by atoms with Gasteiger partial charge in [0.05, 0.1) is 18.1 Å². The lowest BCUT2D eigenvalue weighted by Gasteiger charge is -2.32. The Morgan fingerprint density at radius 3 is 2.68 bits per heavy atom. The number of aromatic nitrogens is 4. The Balaban J connectivity index is 1.68. The highest BCUT2D eigenvalue weighted by Gasteiger charge is 2.21. The molecule has 128 valence electrons. The third-order valence-corrected chi connectivity index (χ3v) is 4.53. The van der Waals surface area contributed by atoms with Gasteiger partial charge >= 0.3 is 0 Å². The van der Waals surface area contributed by atoms with Gasteiger partial charge in [0.15, 0.2) is 0 Å². The summed E-state index contributed by atoms with van der Waals surface area (Å²) < 4.78 is 15.5. The Labute approximate surface area is 145 Å². The molecule has 0 atom stereocenters. The van der Waals surface area contributed by atoms with Crippen molar-refractivity contribution in [2.45, 2.75) is 18.9 Å². The van der Waals surface area contributed by atoms with Gasteiger partial charge in [0, 0.05) is 30.9 Å². The van der Waals surface area contributed by atoms with Crippen molar-refractivity contribution in [2.24, 2.45) is 5.73 Å². The van der Waals surface area contributed by atoms with E-state index in [1.165, 1.54) is 17.1 Å². The summed E-state index contributed by atoms with van der Waals surface area (Å²) in [5.41, 5.74) is 9.00. The van der Waals surface area contributed by atoms with Crippen LogP contribution in [0.3, 0.4) is 0 Å². The van der Waals surface area contributed by atoms with E-state index in [4.69, 9.17) is 5.73 Å². The number of nitrogens with two attached hydrogens (primary N) is 1. The maximum absolute atomic E-state index is 14.0. The number of hydrogen-bond acceptors (Lipinski definition) is 5. The zero-order chi connectivity index (χ0) is 17.2. The Morgan fingerprint density at radius 2 is 1.88 bits per heavy atom. The van der Waals surface area contributed by atoms with Crippen molar-refractivity contribution in [1.82, 2.24) is 19.7 Å². The normalized spacial score (nSPS) is 15.5. The minimum atomic E-state index is -0.315. The van der Waals surface area contributed by atoms with Crippen LogP contribution in [0.15, 0.2) is 49.2 Å². The monoisotopic (exact) mass is 338 g/mol. The smallest absolute Gasteiger partial charge is 0.148 e. The molecule has 0 amide bonds. The van der Waals surface area contributed by atoms with Crippen molar-refractivity contribution in [3.8, 4) is 16.9 Å². The minimum absolute atomic E-state index is 0.258. The molecule has 3 heterocycles. The fraction of sp³-hybridized carbons (Fsp3) is 0.278. The first kappa shape index (κ1) is 15.7. The minimum Gasteiger partial charge on any atom is -0.368 e. The summed E-state index contributed by atoms with van der Waals surface area (Å²) in [5.74, 6) is -0.315. The molecule has 2 aromatic heterocycles. The number of anilines is 1. The third-order valence-electron chi connectivity index (χ3n) is 4.53. The maximum Gasteiger partial charge on any atom is 0.148 e. The molecule has 1 aliphatic rings. The summed E-state index contributed by atoms with van der Waals surface area (Å²) in [6.07, 6.45) is 8.73. The summed E-state index contributed by atoms with van der Waals surface area (Å²) in [4.78, 5) is 10.9. The molecule has 0 saturated carbocycles. The highest BCUT2D eigenvalue weighted by molar-refractivity contribution is 5.73. The van der Waals surface area contributed by atoms with E-state index in [9.17, 15) is 4.39 Å². The van der Waals surface area contributed by atoms with Crippen LogP contribution in [0.4, 0.5) is 10.1 Å². The number of para-hydroxylation sites is 1. The van der Waals surface area contributed by atoms with Gasteiger partial charge in [-0.25, -0.2) is 19.0 Å². The average molecular weight is 338 g/mol. The van der Waals surface area contributed by atoms with Crippen LogP contribution in [-0.2, 0) is 0 Å². The number of nitrogens with zero attached hydrogens (tertiary/aromatic N) is 5. The van der Waals surface area contributed by atoms with Crippen molar-refractivity contribution in [2.75, 3.05) is 18.0 Å². The van der Waals surface area contributed by atoms with Crippen molar-refractivity contribution < 1.29 is 4.39 Å². The summed E-state index contributed by atoms with van der Waals surface area (Å²) in [7, 11) is 0.